The molecule has 1 rings (SSSR count). The average Bonchev–Trinajstić information content (AvgIpc) is 2.31. The van der Waals surface area contributed by atoms with Gasteiger partial charge in [-0.25, -0.2) is 4.79 Å². The topological polar surface area (TPSA) is 78.4 Å². The van der Waals surface area contributed by atoms with Crippen molar-refractivity contribution in [3.05, 3.63) is 28.8 Å². The van der Waals surface area contributed by atoms with Crippen molar-refractivity contribution in [2.45, 2.75) is 13.3 Å². The molecule has 0 aliphatic rings. The number of carboxylic acids is 1. The molecule has 0 atom stereocenters. The number of rotatable bonds is 6. The van der Waals surface area contributed by atoms with Gasteiger partial charge in [-0.15, -0.1) is 0 Å². The average molecular weight is 271 g/mol. The molecule has 5 nitrogen and oxygen atoms in total. The SMILES string of the molecule is CCCNCC(=O)Nc1ccc(Cl)cc1C(=O)O. The Balaban J connectivity index is 2.72. The van der Waals surface area contributed by atoms with E-state index in [0.717, 1.165) is 13.0 Å². The number of hydrogen-bond donors (Lipinski definition) is 3. The van der Waals surface area contributed by atoms with Crippen LogP contribution in [0.2, 0.25) is 5.02 Å². The Kier molecular flexibility index (Phi) is 5.61. The van der Waals surface area contributed by atoms with E-state index in [-0.39, 0.29) is 23.7 Å². The van der Waals surface area contributed by atoms with Gasteiger partial charge in [0, 0.05) is 5.02 Å². The fourth-order valence-corrected chi connectivity index (χ4v) is 1.55. The van der Waals surface area contributed by atoms with Crippen LogP contribution < -0.4 is 10.6 Å². The predicted octanol–water partition coefficient (Wildman–Crippen LogP) is 1.98. The highest BCUT2D eigenvalue weighted by molar-refractivity contribution is 6.31. The minimum atomic E-state index is -1.13. The lowest BCUT2D eigenvalue weighted by Gasteiger charge is -2.09. The second kappa shape index (κ2) is 6.98. The van der Waals surface area contributed by atoms with Gasteiger partial charge in [0.1, 0.15) is 0 Å². The molecule has 0 aromatic heterocycles. The standard InChI is InChI=1S/C12H15ClN2O3/c1-2-5-14-7-11(16)15-10-4-3-8(13)6-9(10)12(17)18/h3-4,6,14H,2,5,7H2,1H3,(H,15,16)(H,17,18). The van der Waals surface area contributed by atoms with E-state index < -0.39 is 5.97 Å². The molecule has 98 valence electrons. The van der Waals surface area contributed by atoms with Crippen LogP contribution in [0, 0.1) is 0 Å². The van der Waals surface area contributed by atoms with Crippen molar-refractivity contribution in [3.63, 3.8) is 0 Å². The van der Waals surface area contributed by atoms with E-state index in [2.05, 4.69) is 10.6 Å². The number of nitrogens with one attached hydrogen (secondary N) is 2. The Morgan fingerprint density at radius 3 is 2.72 bits per heavy atom. The van der Waals surface area contributed by atoms with Crippen molar-refractivity contribution >= 4 is 29.2 Å². The molecule has 0 saturated heterocycles. The number of amides is 1. The lowest BCUT2D eigenvalue weighted by molar-refractivity contribution is -0.115. The number of aromatic carboxylic acids is 1. The Morgan fingerprint density at radius 1 is 1.39 bits per heavy atom. The van der Waals surface area contributed by atoms with E-state index in [1.807, 2.05) is 6.92 Å². The lowest BCUT2D eigenvalue weighted by atomic mass is 10.2. The zero-order valence-corrected chi connectivity index (χ0v) is 10.8. The van der Waals surface area contributed by atoms with Crippen LogP contribution in [0.1, 0.15) is 23.7 Å². The molecule has 0 aliphatic heterocycles. The van der Waals surface area contributed by atoms with E-state index in [9.17, 15) is 9.59 Å². The Bertz CT molecular complexity index is 449. The molecule has 0 heterocycles. The van der Waals surface area contributed by atoms with E-state index in [4.69, 9.17) is 16.7 Å². The summed E-state index contributed by atoms with van der Waals surface area (Å²) in [6, 6.07) is 4.31. The van der Waals surface area contributed by atoms with Crippen molar-refractivity contribution < 1.29 is 14.7 Å². The maximum atomic E-state index is 11.5. The lowest BCUT2D eigenvalue weighted by Crippen LogP contribution is -2.29. The van der Waals surface area contributed by atoms with Crippen molar-refractivity contribution in [2.24, 2.45) is 0 Å². The Hall–Kier alpha value is -1.59. The fraction of sp³-hybridized carbons (Fsp3) is 0.333. The van der Waals surface area contributed by atoms with Crippen LogP contribution >= 0.6 is 11.6 Å². The minimum absolute atomic E-state index is 0.0219. The molecule has 1 amide bonds. The maximum absolute atomic E-state index is 11.5. The first-order chi connectivity index (χ1) is 8.54. The summed E-state index contributed by atoms with van der Waals surface area (Å²) in [6.07, 6.45) is 0.925. The first-order valence-electron chi connectivity index (χ1n) is 5.58. The van der Waals surface area contributed by atoms with Gasteiger partial charge in [-0.1, -0.05) is 18.5 Å². The molecule has 0 radical (unpaired) electrons. The number of anilines is 1. The smallest absolute Gasteiger partial charge is 0.337 e. The van der Waals surface area contributed by atoms with Crippen molar-refractivity contribution in [3.8, 4) is 0 Å². The van der Waals surface area contributed by atoms with Gasteiger partial charge in [0.15, 0.2) is 0 Å². The molecule has 6 heteroatoms. The molecular weight excluding hydrogens is 256 g/mol. The number of carbonyl (C=O) groups excluding carboxylic acids is 1. The molecule has 0 spiro atoms. The molecule has 0 unspecified atom stereocenters. The molecule has 0 fully saturated rings. The third-order valence-electron chi connectivity index (χ3n) is 2.20. The van der Waals surface area contributed by atoms with Crippen molar-refractivity contribution in [2.75, 3.05) is 18.4 Å². The molecule has 1 aromatic carbocycles. The predicted molar refractivity (Wildman–Crippen MR) is 70.2 cm³/mol. The first kappa shape index (κ1) is 14.5. The molecule has 3 N–H and O–H groups in total. The molecule has 1 aromatic rings. The molecule has 18 heavy (non-hydrogen) atoms. The summed E-state index contributed by atoms with van der Waals surface area (Å²) >= 11 is 5.71. The highest BCUT2D eigenvalue weighted by Gasteiger charge is 2.12. The zero-order valence-electron chi connectivity index (χ0n) is 10.00. The van der Waals surface area contributed by atoms with Gasteiger partial charge in [0.2, 0.25) is 5.91 Å². The molecular formula is C12H15ClN2O3. The second-order valence-electron chi connectivity index (χ2n) is 3.72. The molecule has 0 saturated carbocycles. The third-order valence-corrected chi connectivity index (χ3v) is 2.43. The van der Waals surface area contributed by atoms with Gasteiger partial charge in [0.25, 0.3) is 0 Å². The van der Waals surface area contributed by atoms with Crippen LogP contribution in [0.4, 0.5) is 5.69 Å². The van der Waals surface area contributed by atoms with Gasteiger partial charge in [-0.05, 0) is 31.2 Å². The van der Waals surface area contributed by atoms with E-state index in [0.29, 0.717) is 5.02 Å². The van der Waals surface area contributed by atoms with Crippen molar-refractivity contribution in [1.82, 2.24) is 5.32 Å². The fourth-order valence-electron chi connectivity index (χ4n) is 1.38. The largest absolute Gasteiger partial charge is 0.478 e. The first-order valence-corrected chi connectivity index (χ1v) is 5.95. The Labute approximate surface area is 110 Å². The molecule has 0 aliphatic carbocycles. The maximum Gasteiger partial charge on any atom is 0.337 e. The number of hydrogen-bond acceptors (Lipinski definition) is 3. The van der Waals surface area contributed by atoms with E-state index in [1.165, 1.54) is 18.2 Å². The summed E-state index contributed by atoms with van der Waals surface area (Å²) in [7, 11) is 0. The van der Waals surface area contributed by atoms with Gasteiger partial charge in [-0.3, -0.25) is 4.79 Å². The van der Waals surface area contributed by atoms with Gasteiger partial charge in [-0.2, -0.15) is 0 Å². The zero-order chi connectivity index (χ0) is 13.5. The van der Waals surface area contributed by atoms with E-state index >= 15 is 0 Å². The summed E-state index contributed by atoms with van der Waals surface area (Å²) in [5.41, 5.74) is 0.224. The summed E-state index contributed by atoms with van der Waals surface area (Å²) in [5, 5.41) is 14.8. The minimum Gasteiger partial charge on any atom is -0.478 e. The molecule has 0 bridgehead atoms. The van der Waals surface area contributed by atoms with Gasteiger partial charge in [0.05, 0.1) is 17.8 Å². The normalized spacial score (nSPS) is 10.1. The van der Waals surface area contributed by atoms with Gasteiger partial charge < -0.3 is 15.7 Å². The number of benzene rings is 1. The number of carboxylic acid groups (broad SMARTS) is 1. The quantitative estimate of drug-likeness (QED) is 0.691. The van der Waals surface area contributed by atoms with E-state index in [1.54, 1.807) is 0 Å². The number of halogens is 1. The summed E-state index contributed by atoms with van der Waals surface area (Å²) in [6.45, 7) is 2.88. The van der Waals surface area contributed by atoms with Crippen molar-refractivity contribution in [1.29, 1.82) is 0 Å². The van der Waals surface area contributed by atoms with Crippen LogP contribution in [-0.2, 0) is 4.79 Å². The summed E-state index contributed by atoms with van der Waals surface area (Å²) in [4.78, 5) is 22.5. The summed E-state index contributed by atoms with van der Waals surface area (Å²) < 4.78 is 0. The van der Waals surface area contributed by atoms with Crippen LogP contribution in [-0.4, -0.2) is 30.1 Å². The highest BCUT2D eigenvalue weighted by atomic mass is 35.5. The Morgan fingerprint density at radius 2 is 2.11 bits per heavy atom. The highest BCUT2D eigenvalue weighted by Crippen LogP contribution is 2.20. The number of carbonyl (C=O) groups is 2. The van der Waals surface area contributed by atoms with Crippen LogP contribution in [0.15, 0.2) is 18.2 Å². The summed E-state index contributed by atoms with van der Waals surface area (Å²) in [5.74, 6) is -1.41. The second-order valence-corrected chi connectivity index (χ2v) is 4.16. The third kappa shape index (κ3) is 4.35. The van der Waals surface area contributed by atoms with Crippen LogP contribution in [0.3, 0.4) is 0 Å². The van der Waals surface area contributed by atoms with Crippen LogP contribution in [0.25, 0.3) is 0 Å². The van der Waals surface area contributed by atoms with Crippen LogP contribution in [0.5, 0.6) is 0 Å². The van der Waals surface area contributed by atoms with Gasteiger partial charge >= 0.3 is 5.97 Å². The monoisotopic (exact) mass is 270 g/mol.